The Hall–Kier alpha value is -2.94. The molecule has 3 N–H and O–H groups in total. The molecule has 0 aromatic heterocycles. The van der Waals surface area contributed by atoms with E-state index in [1.807, 2.05) is 48.5 Å². The van der Waals surface area contributed by atoms with Crippen molar-refractivity contribution < 1.29 is 4.74 Å². The number of nitrogen functional groups attached to an aromatic ring is 1. The molecule has 3 rings (SSSR count). The van der Waals surface area contributed by atoms with Gasteiger partial charge in [0.15, 0.2) is 0 Å². The van der Waals surface area contributed by atoms with Crippen LogP contribution in [0.25, 0.3) is 0 Å². The Labute approximate surface area is 136 Å². The summed E-state index contributed by atoms with van der Waals surface area (Å²) in [7, 11) is 0. The van der Waals surface area contributed by atoms with Crippen LogP contribution in [0, 0.1) is 0 Å². The van der Waals surface area contributed by atoms with Crippen molar-refractivity contribution in [3.05, 3.63) is 78.4 Å². The van der Waals surface area contributed by atoms with E-state index in [1.165, 1.54) is 5.56 Å². The highest BCUT2D eigenvalue weighted by Gasteiger charge is 2.05. The molecule has 0 radical (unpaired) electrons. The number of benzene rings is 3. The highest BCUT2D eigenvalue weighted by Crippen LogP contribution is 2.29. The molecule has 0 atom stereocenters. The van der Waals surface area contributed by atoms with Gasteiger partial charge in [0.1, 0.15) is 11.5 Å². The van der Waals surface area contributed by atoms with Crippen molar-refractivity contribution in [2.75, 3.05) is 11.1 Å². The second-order valence-electron chi connectivity index (χ2n) is 5.33. The molecule has 23 heavy (non-hydrogen) atoms. The van der Waals surface area contributed by atoms with Crippen LogP contribution in [0.3, 0.4) is 0 Å². The van der Waals surface area contributed by atoms with Crippen LogP contribution < -0.4 is 15.8 Å². The average molecular weight is 304 g/mol. The summed E-state index contributed by atoms with van der Waals surface area (Å²) in [5.74, 6) is 1.61. The van der Waals surface area contributed by atoms with Gasteiger partial charge in [0.05, 0.1) is 0 Å². The first-order valence-corrected chi connectivity index (χ1v) is 7.73. The first-order valence-electron chi connectivity index (χ1n) is 7.73. The van der Waals surface area contributed by atoms with Gasteiger partial charge in [-0.15, -0.1) is 0 Å². The standard InChI is InChI=1S/C20H20N2O/c1-2-15-14-19(23-18-10-8-16(21)9-11-18)12-13-20(15)22-17-6-4-3-5-7-17/h3-14,22H,2,21H2,1H3. The Morgan fingerprint density at radius 3 is 2.26 bits per heavy atom. The van der Waals surface area contributed by atoms with E-state index in [0.29, 0.717) is 0 Å². The van der Waals surface area contributed by atoms with Crippen LogP contribution in [-0.2, 0) is 6.42 Å². The van der Waals surface area contributed by atoms with Crippen LogP contribution in [0.1, 0.15) is 12.5 Å². The second-order valence-corrected chi connectivity index (χ2v) is 5.33. The molecular weight excluding hydrogens is 284 g/mol. The zero-order valence-electron chi connectivity index (χ0n) is 13.1. The summed E-state index contributed by atoms with van der Waals surface area (Å²) in [6, 6.07) is 23.7. The molecule has 0 heterocycles. The summed E-state index contributed by atoms with van der Waals surface area (Å²) in [6.45, 7) is 2.14. The average Bonchev–Trinajstić information content (AvgIpc) is 2.59. The minimum atomic E-state index is 0.731. The monoisotopic (exact) mass is 304 g/mol. The quantitative estimate of drug-likeness (QED) is 0.623. The molecule has 0 fully saturated rings. The molecule has 3 heteroatoms. The van der Waals surface area contributed by atoms with E-state index >= 15 is 0 Å². The molecule has 116 valence electrons. The normalized spacial score (nSPS) is 10.3. The number of aryl methyl sites for hydroxylation is 1. The van der Waals surface area contributed by atoms with Gasteiger partial charge in [0.2, 0.25) is 0 Å². The van der Waals surface area contributed by atoms with Crippen LogP contribution in [0.4, 0.5) is 17.1 Å². The highest BCUT2D eigenvalue weighted by atomic mass is 16.5. The van der Waals surface area contributed by atoms with Crippen LogP contribution >= 0.6 is 0 Å². The summed E-state index contributed by atoms with van der Waals surface area (Å²) < 4.78 is 5.90. The fraction of sp³-hybridized carbons (Fsp3) is 0.100. The molecule has 0 spiro atoms. The zero-order chi connectivity index (χ0) is 16.1. The second kappa shape index (κ2) is 6.88. The lowest BCUT2D eigenvalue weighted by Gasteiger charge is -2.13. The zero-order valence-corrected chi connectivity index (χ0v) is 13.1. The van der Waals surface area contributed by atoms with Crippen molar-refractivity contribution in [3.8, 4) is 11.5 Å². The molecule has 0 bridgehead atoms. The third-order valence-electron chi connectivity index (χ3n) is 3.63. The summed E-state index contributed by atoms with van der Waals surface area (Å²) in [5.41, 5.74) is 9.81. The Morgan fingerprint density at radius 1 is 0.870 bits per heavy atom. The molecule has 3 aromatic rings. The van der Waals surface area contributed by atoms with Gasteiger partial charge in [0.25, 0.3) is 0 Å². The number of nitrogens with two attached hydrogens (primary N) is 1. The first-order chi connectivity index (χ1) is 11.2. The lowest BCUT2D eigenvalue weighted by molar-refractivity contribution is 0.482. The predicted octanol–water partition coefficient (Wildman–Crippen LogP) is 5.37. The largest absolute Gasteiger partial charge is 0.457 e. The Bertz CT molecular complexity index is 767. The van der Waals surface area contributed by atoms with E-state index < -0.39 is 0 Å². The van der Waals surface area contributed by atoms with Crippen molar-refractivity contribution in [2.45, 2.75) is 13.3 Å². The van der Waals surface area contributed by atoms with E-state index in [0.717, 1.165) is 35.0 Å². The van der Waals surface area contributed by atoms with Gasteiger partial charge in [-0.3, -0.25) is 0 Å². The SMILES string of the molecule is CCc1cc(Oc2ccc(N)cc2)ccc1Nc1ccccc1. The van der Waals surface area contributed by atoms with Crippen molar-refractivity contribution >= 4 is 17.1 Å². The number of hydrogen-bond donors (Lipinski definition) is 2. The summed E-state index contributed by atoms with van der Waals surface area (Å²) in [6.07, 6.45) is 0.925. The predicted molar refractivity (Wildman–Crippen MR) is 96.5 cm³/mol. The number of rotatable bonds is 5. The van der Waals surface area contributed by atoms with Crippen molar-refractivity contribution in [1.82, 2.24) is 0 Å². The summed E-state index contributed by atoms with van der Waals surface area (Å²) >= 11 is 0. The molecule has 0 unspecified atom stereocenters. The molecule has 0 saturated heterocycles. The number of anilines is 3. The smallest absolute Gasteiger partial charge is 0.127 e. The Morgan fingerprint density at radius 2 is 1.57 bits per heavy atom. The minimum absolute atomic E-state index is 0.731. The van der Waals surface area contributed by atoms with E-state index in [9.17, 15) is 0 Å². The van der Waals surface area contributed by atoms with Gasteiger partial charge in [-0.05, 0) is 66.6 Å². The van der Waals surface area contributed by atoms with E-state index in [1.54, 1.807) is 0 Å². The van der Waals surface area contributed by atoms with Crippen LogP contribution in [0.15, 0.2) is 72.8 Å². The Kier molecular flexibility index (Phi) is 4.48. The van der Waals surface area contributed by atoms with Crippen LogP contribution in [0.5, 0.6) is 11.5 Å². The fourth-order valence-corrected chi connectivity index (χ4v) is 2.40. The van der Waals surface area contributed by atoms with E-state index in [2.05, 4.69) is 36.5 Å². The minimum Gasteiger partial charge on any atom is -0.457 e. The fourth-order valence-electron chi connectivity index (χ4n) is 2.40. The molecule has 0 aliphatic heterocycles. The highest BCUT2D eigenvalue weighted by molar-refractivity contribution is 5.64. The van der Waals surface area contributed by atoms with Gasteiger partial charge in [-0.2, -0.15) is 0 Å². The summed E-state index contributed by atoms with van der Waals surface area (Å²) in [4.78, 5) is 0. The molecule has 0 aliphatic carbocycles. The number of ether oxygens (including phenoxy) is 1. The topological polar surface area (TPSA) is 47.3 Å². The van der Waals surface area contributed by atoms with Gasteiger partial charge in [-0.1, -0.05) is 25.1 Å². The van der Waals surface area contributed by atoms with Crippen molar-refractivity contribution in [1.29, 1.82) is 0 Å². The number of hydrogen-bond acceptors (Lipinski definition) is 3. The Balaban J connectivity index is 1.80. The van der Waals surface area contributed by atoms with Gasteiger partial charge < -0.3 is 15.8 Å². The molecule has 3 nitrogen and oxygen atoms in total. The number of nitrogens with one attached hydrogen (secondary N) is 1. The number of para-hydroxylation sites is 1. The van der Waals surface area contributed by atoms with E-state index in [-0.39, 0.29) is 0 Å². The molecule has 3 aromatic carbocycles. The third-order valence-corrected chi connectivity index (χ3v) is 3.63. The van der Waals surface area contributed by atoms with Crippen LogP contribution in [0.2, 0.25) is 0 Å². The van der Waals surface area contributed by atoms with Crippen molar-refractivity contribution in [3.63, 3.8) is 0 Å². The summed E-state index contributed by atoms with van der Waals surface area (Å²) in [5, 5.41) is 3.45. The maximum absolute atomic E-state index is 5.90. The maximum atomic E-state index is 5.90. The molecule has 0 saturated carbocycles. The molecule has 0 amide bonds. The third kappa shape index (κ3) is 3.83. The lowest BCUT2D eigenvalue weighted by Crippen LogP contribution is -1.96. The van der Waals surface area contributed by atoms with Gasteiger partial charge in [0, 0.05) is 17.1 Å². The van der Waals surface area contributed by atoms with Gasteiger partial charge >= 0.3 is 0 Å². The van der Waals surface area contributed by atoms with E-state index in [4.69, 9.17) is 10.5 Å². The first kappa shape index (κ1) is 15.0. The van der Waals surface area contributed by atoms with Crippen molar-refractivity contribution in [2.24, 2.45) is 0 Å². The van der Waals surface area contributed by atoms with Gasteiger partial charge in [-0.25, -0.2) is 0 Å². The molecular formula is C20H20N2O. The van der Waals surface area contributed by atoms with Crippen LogP contribution in [-0.4, -0.2) is 0 Å². The molecule has 0 aliphatic rings. The lowest BCUT2D eigenvalue weighted by atomic mass is 10.1. The maximum Gasteiger partial charge on any atom is 0.127 e.